The standard InChI is InChI=1S/C19H20O3/c1-19(2,3)17(9-10-18(20)21)15-6-5-14-12-16(22-4)8-7-13(14)11-15/h5-8,10-12H,1-4H3,(H,20,21). The first kappa shape index (κ1) is 15.9. The molecule has 2 aromatic carbocycles. The van der Waals surface area contributed by atoms with Crippen LogP contribution in [0.4, 0.5) is 0 Å². The van der Waals surface area contributed by atoms with Crippen molar-refractivity contribution in [1.29, 1.82) is 0 Å². The van der Waals surface area contributed by atoms with Crippen molar-refractivity contribution in [1.82, 2.24) is 0 Å². The minimum atomic E-state index is -0.993. The van der Waals surface area contributed by atoms with Crippen molar-refractivity contribution >= 4 is 22.3 Å². The molecule has 2 aromatic rings. The Labute approximate surface area is 130 Å². The van der Waals surface area contributed by atoms with Crippen LogP contribution >= 0.6 is 0 Å². The van der Waals surface area contributed by atoms with Gasteiger partial charge in [0.2, 0.25) is 0 Å². The highest BCUT2D eigenvalue weighted by molar-refractivity contribution is 5.88. The molecule has 3 heteroatoms. The van der Waals surface area contributed by atoms with E-state index in [9.17, 15) is 4.79 Å². The molecule has 0 aromatic heterocycles. The molecule has 0 heterocycles. The topological polar surface area (TPSA) is 46.5 Å². The maximum atomic E-state index is 10.8. The van der Waals surface area contributed by atoms with Crippen molar-refractivity contribution in [3.8, 4) is 5.75 Å². The van der Waals surface area contributed by atoms with Crippen molar-refractivity contribution in [3.63, 3.8) is 0 Å². The largest absolute Gasteiger partial charge is 0.497 e. The van der Waals surface area contributed by atoms with Gasteiger partial charge in [-0.1, -0.05) is 39.0 Å². The van der Waals surface area contributed by atoms with E-state index in [0.29, 0.717) is 0 Å². The van der Waals surface area contributed by atoms with E-state index in [4.69, 9.17) is 9.84 Å². The molecule has 114 valence electrons. The van der Waals surface area contributed by atoms with Gasteiger partial charge in [-0.3, -0.25) is 0 Å². The number of aliphatic carboxylic acids is 1. The van der Waals surface area contributed by atoms with Crippen LogP contribution in [-0.2, 0) is 4.79 Å². The summed E-state index contributed by atoms with van der Waals surface area (Å²) in [6.07, 6.45) is 1.07. The molecule has 2 rings (SSSR count). The summed E-state index contributed by atoms with van der Waals surface area (Å²) in [5.74, 6) is -0.176. The summed E-state index contributed by atoms with van der Waals surface area (Å²) >= 11 is 0. The number of hydrogen-bond donors (Lipinski definition) is 1. The Kier molecular flexibility index (Phi) is 4.39. The third-order valence-electron chi connectivity index (χ3n) is 3.43. The van der Waals surface area contributed by atoms with Gasteiger partial charge in [0.1, 0.15) is 5.75 Å². The second-order valence-corrected chi connectivity index (χ2v) is 6.18. The molecular formula is C19H20O3. The fraction of sp³-hybridized carbons (Fsp3) is 0.263. The molecule has 0 bridgehead atoms. The van der Waals surface area contributed by atoms with Gasteiger partial charge in [-0.25, -0.2) is 4.79 Å². The second kappa shape index (κ2) is 6.08. The van der Waals surface area contributed by atoms with Crippen molar-refractivity contribution < 1.29 is 14.6 Å². The summed E-state index contributed by atoms with van der Waals surface area (Å²) in [6, 6.07) is 12.0. The van der Waals surface area contributed by atoms with Crippen molar-refractivity contribution in [3.05, 3.63) is 53.8 Å². The molecule has 0 aliphatic carbocycles. The summed E-state index contributed by atoms with van der Waals surface area (Å²) < 4.78 is 5.23. The molecule has 0 radical (unpaired) electrons. The molecule has 0 saturated carbocycles. The average Bonchev–Trinajstić information content (AvgIpc) is 2.45. The molecule has 0 fully saturated rings. The predicted molar refractivity (Wildman–Crippen MR) is 89.1 cm³/mol. The number of hydrogen-bond acceptors (Lipinski definition) is 2. The molecule has 1 N–H and O–H groups in total. The first-order valence-electron chi connectivity index (χ1n) is 7.09. The molecule has 0 amide bonds. The Balaban J connectivity index is 2.60. The van der Waals surface area contributed by atoms with Crippen molar-refractivity contribution in [2.24, 2.45) is 5.41 Å². The van der Waals surface area contributed by atoms with Gasteiger partial charge in [0.05, 0.1) is 13.2 Å². The van der Waals surface area contributed by atoms with E-state index in [0.717, 1.165) is 33.7 Å². The van der Waals surface area contributed by atoms with Crippen LogP contribution in [0, 0.1) is 5.41 Å². The van der Waals surface area contributed by atoms with E-state index in [1.54, 1.807) is 7.11 Å². The lowest BCUT2D eigenvalue weighted by atomic mass is 9.82. The molecular weight excluding hydrogens is 276 g/mol. The van der Waals surface area contributed by atoms with E-state index in [1.165, 1.54) is 0 Å². The SMILES string of the molecule is COc1ccc2cc(C(=C=CC(=O)O)C(C)(C)C)ccc2c1. The Morgan fingerprint density at radius 2 is 1.77 bits per heavy atom. The first-order valence-corrected chi connectivity index (χ1v) is 7.09. The zero-order valence-electron chi connectivity index (χ0n) is 13.3. The number of methoxy groups -OCH3 is 1. The second-order valence-electron chi connectivity index (χ2n) is 6.18. The minimum absolute atomic E-state index is 0.202. The van der Waals surface area contributed by atoms with E-state index in [2.05, 4.69) is 11.8 Å². The highest BCUT2D eigenvalue weighted by Gasteiger charge is 2.19. The minimum Gasteiger partial charge on any atom is -0.497 e. The van der Waals surface area contributed by atoms with Crippen LogP contribution in [0.3, 0.4) is 0 Å². The fourth-order valence-electron chi connectivity index (χ4n) is 2.37. The lowest BCUT2D eigenvalue weighted by Crippen LogP contribution is -2.07. The summed E-state index contributed by atoms with van der Waals surface area (Å²) in [5, 5.41) is 11.0. The van der Waals surface area contributed by atoms with Gasteiger partial charge in [0.25, 0.3) is 0 Å². The molecule has 0 aliphatic heterocycles. The third kappa shape index (κ3) is 3.57. The van der Waals surface area contributed by atoms with Crippen LogP contribution in [0.2, 0.25) is 0 Å². The van der Waals surface area contributed by atoms with Gasteiger partial charge in [0, 0.05) is 5.57 Å². The Bertz CT molecular complexity index is 773. The van der Waals surface area contributed by atoms with Gasteiger partial charge in [-0.15, -0.1) is 5.73 Å². The Morgan fingerprint density at radius 1 is 1.14 bits per heavy atom. The fourth-order valence-corrected chi connectivity index (χ4v) is 2.37. The number of rotatable bonds is 3. The number of carboxylic acids is 1. The molecule has 22 heavy (non-hydrogen) atoms. The predicted octanol–water partition coefficient (Wildman–Crippen LogP) is 4.52. The van der Waals surface area contributed by atoms with Crippen molar-refractivity contribution in [2.75, 3.05) is 7.11 Å². The quantitative estimate of drug-likeness (QED) is 0.669. The number of fused-ring (bicyclic) bond motifs is 1. The molecule has 0 saturated heterocycles. The smallest absolute Gasteiger partial charge is 0.336 e. The molecule has 0 unspecified atom stereocenters. The van der Waals surface area contributed by atoms with Gasteiger partial charge in [-0.05, 0) is 39.9 Å². The zero-order valence-corrected chi connectivity index (χ0v) is 13.3. The normalized spacial score (nSPS) is 10.9. The van der Waals surface area contributed by atoms with Crippen LogP contribution in [0.5, 0.6) is 5.75 Å². The monoisotopic (exact) mass is 296 g/mol. The Morgan fingerprint density at radius 3 is 2.36 bits per heavy atom. The van der Waals surface area contributed by atoms with E-state index in [1.807, 2.05) is 51.1 Å². The van der Waals surface area contributed by atoms with E-state index >= 15 is 0 Å². The first-order chi connectivity index (χ1) is 10.3. The van der Waals surface area contributed by atoms with E-state index in [-0.39, 0.29) is 5.41 Å². The Hall–Kier alpha value is -2.51. The number of benzene rings is 2. The van der Waals surface area contributed by atoms with Crippen LogP contribution in [-0.4, -0.2) is 18.2 Å². The molecule has 0 aliphatic rings. The van der Waals surface area contributed by atoms with Crippen LogP contribution < -0.4 is 4.74 Å². The molecule has 0 spiro atoms. The molecule has 3 nitrogen and oxygen atoms in total. The summed E-state index contributed by atoms with van der Waals surface area (Å²) in [6.45, 7) is 6.13. The van der Waals surface area contributed by atoms with Gasteiger partial charge in [0.15, 0.2) is 0 Å². The lowest BCUT2D eigenvalue weighted by Gasteiger charge is -2.21. The summed E-state index contributed by atoms with van der Waals surface area (Å²) in [7, 11) is 1.65. The zero-order chi connectivity index (χ0) is 16.3. The van der Waals surface area contributed by atoms with Gasteiger partial charge < -0.3 is 9.84 Å². The van der Waals surface area contributed by atoms with Crippen molar-refractivity contribution in [2.45, 2.75) is 20.8 Å². The average molecular weight is 296 g/mol. The number of carbonyl (C=O) groups is 1. The van der Waals surface area contributed by atoms with Crippen LogP contribution in [0.1, 0.15) is 26.3 Å². The van der Waals surface area contributed by atoms with Crippen LogP contribution in [0.25, 0.3) is 16.3 Å². The summed E-state index contributed by atoms with van der Waals surface area (Å²) in [5.41, 5.74) is 4.57. The lowest BCUT2D eigenvalue weighted by molar-refractivity contribution is -0.131. The highest BCUT2D eigenvalue weighted by atomic mass is 16.5. The molecule has 0 atom stereocenters. The highest BCUT2D eigenvalue weighted by Crippen LogP contribution is 2.34. The maximum absolute atomic E-state index is 10.8. The van der Waals surface area contributed by atoms with E-state index < -0.39 is 5.97 Å². The third-order valence-corrected chi connectivity index (χ3v) is 3.43. The number of carboxylic acid groups (broad SMARTS) is 1. The number of ether oxygens (including phenoxy) is 1. The van der Waals surface area contributed by atoms with Crippen LogP contribution in [0.15, 0.2) is 48.2 Å². The van der Waals surface area contributed by atoms with Gasteiger partial charge >= 0.3 is 5.97 Å². The maximum Gasteiger partial charge on any atom is 0.336 e. The summed E-state index contributed by atoms with van der Waals surface area (Å²) in [4.78, 5) is 10.8. The van der Waals surface area contributed by atoms with Gasteiger partial charge in [-0.2, -0.15) is 0 Å².